The van der Waals surface area contributed by atoms with Gasteiger partial charge in [0.05, 0.1) is 17.7 Å². The van der Waals surface area contributed by atoms with Crippen molar-refractivity contribution in [2.24, 2.45) is 0 Å². The van der Waals surface area contributed by atoms with Crippen molar-refractivity contribution in [3.05, 3.63) is 46.7 Å². The molecule has 1 fully saturated rings. The molecule has 1 saturated heterocycles. The first-order chi connectivity index (χ1) is 13.7. The minimum Gasteiger partial charge on any atom is -0.461 e. The summed E-state index contributed by atoms with van der Waals surface area (Å²) in [6.45, 7) is 2.31. The van der Waals surface area contributed by atoms with Gasteiger partial charge in [0.15, 0.2) is 5.13 Å². The number of nitrogens with zero attached hydrogens (tertiary/aromatic N) is 2. The molecule has 4 aliphatic rings. The number of nitrogens with one attached hydrogen (secondary N) is 1. The summed E-state index contributed by atoms with van der Waals surface area (Å²) in [5, 5.41) is 4.00. The third-order valence-electron chi connectivity index (χ3n) is 5.84. The molecular formula is C21H24N4O2S. The lowest BCUT2D eigenvalue weighted by Gasteiger charge is -2.38. The first-order valence-electron chi connectivity index (χ1n) is 9.93. The monoisotopic (exact) mass is 396 g/mol. The number of carbonyl (C=O) groups excluding carboxylic acids is 1. The number of nitrogens with two attached hydrogens (primary N) is 1. The van der Waals surface area contributed by atoms with Gasteiger partial charge < -0.3 is 20.4 Å². The average molecular weight is 397 g/mol. The molecule has 5 rings (SSSR count). The second-order valence-corrected chi connectivity index (χ2v) is 8.76. The maximum Gasteiger partial charge on any atom is 0.232 e. The number of aromatic nitrogens is 1. The second kappa shape index (κ2) is 7.22. The van der Waals surface area contributed by atoms with E-state index in [-0.39, 0.29) is 17.9 Å². The van der Waals surface area contributed by atoms with E-state index in [1.165, 1.54) is 16.2 Å². The molecule has 0 saturated carbocycles. The number of thiazole rings is 1. The number of hydrogen-bond donors (Lipinski definition) is 2. The second-order valence-electron chi connectivity index (χ2n) is 7.65. The Morgan fingerprint density at radius 2 is 2.29 bits per heavy atom. The molecule has 0 radical (unpaired) electrons. The third kappa shape index (κ3) is 3.18. The van der Waals surface area contributed by atoms with Crippen LogP contribution in [-0.4, -0.2) is 41.5 Å². The Hall–Kier alpha value is -2.38. The number of nitrogen functional groups attached to an aromatic ring is 1. The van der Waals surface area contributed by atoms with Crippen LogP contribution in [0.15, 0.2) is 34.7 Å². The van der Waals surface area contributed by atoms with Crippen LogP contribution in [0.3, 0.4) is 0 Å². The van der Waals surface area contributed by atoms with Gasteiger partial charge in [-0.15, -0.1) is 11.3 Å². The number of anilines is 1. The number of rotatable bonds is 3. The predicted molar refractivity (Wildman–Crippen MR) is 110 cm³/mol. The van der Waals surface area contributed by atoms with Crippen molar-refractivity contribution in [2.45, 2.75) is 37.6 Å². The molecule has 2 atom stereocenters. The molecule has 1 aromatic rings. The summed E-state index contributed by atoms with van der Waals surface area (Å²) in [6, 6.07) is 10.2. The lowest BCUT2D eigenvalue weighted by molar-refractivity contribution is -0.136. The van der Waals surface area contributed by atoms with E-state index in [4.69, 9.17) is 10.2 Å². The Kier molecular flexibility index (Phi) is 4.56. The molecule has 0 bridgehead atoms. The van der Waals surface area contributed by atoms with Crippen LogP contribution >= 0.6 is 11.3 Å². The number of fused-ring (bicyclic) bond motifs is 2. The van der Waals surface area contributed by atoms with Crippen molar-refractivity contribution < 1.29 is 9.21 Å². The number of hydrogen-bond acceptors (Lipinski definition) is 6. The van der Waals surface area contributed by atoms with Gasteiger partial charge in [0, 0.05) is 36.5 Å². The molecule has 7 heteroatoms. The summed E-state index contributed by atoms with van der Waals surface area (Å²) in [5.41, 5.74) is 7.95. The highest BCUT2D eigenvalue weighted by Gasteiger charge is 2.36. The maximum atomic E-state index is 13.5. The van der Waals surface area contributed by atoms with Crippen LogP contribution in [0, 0.1) is 0 Å². The highest BCUT2D eigenvalue weighted by Crippen LogP contribution is 2.37. The molecular weight excluding hydrogens is 372 g/mol. The first-order valence-corrected chi connectivity index (χ1v) is 10.7. The van der Waals surface area contributed by atoms with Gasteiger partial charge in [-0.05, 0) is 37.5 Å². The van der Waals surface area contributed by atoms with Crippen molar-refractivity contribution in [3.8, 4) is 11.3 Å². The van der Waals surface area contributed by atoms with E-state index in [2.05, 4.69) is 16.4 Å². The molecule has 28 heavy (non-hydrogen) atoms. The number of carbonyl (C=O) groups is 1. The molecule has 6 nitrogen and oxygen atoms in total. The molecule has 3 N–H and O–H groups in total. The molecule has 0 spiro atoms. The molecule has 2 aliphatic carbocycles. The molecule has 0 aromatic carbocycles. The minimum atomic E-state index is -0.160. The number of aryl methyl sites for hydroxylation is 1. The Morgan fingerprint density at radius 1 is 1.36 bits per heavy atom. The van der Waals surface area contributed by atoms with Crippen molar-refractivity contribution in [3.63, 3.8) is 0 Å². The van der Waals surface area contributed by atoms with Gasteiger partial charge in [-0.25, -0.2) is 4.98 Å². The van der Waals surface area contributed by atoms with Crippen LogP contribution < -0.4 is 11.1 Å². The molecule has 1 amide bonds. The molecule has 2 unspecified atom stereocenters. The van der Waals surface area contributed by atoms with Gasteiger partial charge in [0.2, 0.25) is 5.91 Å². The summed E-state index contributed by atoms with van der Waals surface area (Å²) in [4.78, 5) is 21.2. The number of piperazine rings is 1. The fraction of sp³-hybridized carbons (Fsp3) is 0.429. The van der Waals surface area contributed by atoms with Crippen molar-refractivity contribution in [1.29, 1.82) is 0 Å². The van der Waals surface area contributed by atoms with Crippen LogP contribution in [-0.2, 0) is 17.6 Å². The fourth-order valence-corrected chi connectivity index (χ4v) is 5.39. The normalized spacial score (nSPS) is 22.4. The summed E-state index contributed by atoms with van der Waals surface area (Å²) in [6.07, 6.45) is 3.57. The zero-order valence-electron chi connectivity index (χ0n) is 15.7. The first kappa shape index (κ1) is 17.7. The third-order valence-corrected chi connectivity index (χ3v) is 6.80. The van der Waals surface area contributed by atoms with E-state index in [1.54, 1.807) is 0 Å². The van der Waals surface area contributed by atoms with E-state index in [0.29, 0.717) is 18.1 Å². The molecule has 1 aromatic heterocycles. The smallest absolute Gasteiger partial charge is 0.232 e. The average Bonchev–Trinajstić information content (AvgIpc) is 3.32. The SMILES string of the molecule is Nc1nc2c(s1)CCCC2C(=O)N1CCNCC1Cc1ccc2cccc-2o1. The summed E-state index contributed by atoms with van der Waals surface area (Å²) in [5.74, 6) is 1.83. The standard InChI is InChI=1S/C21H24N4O2S/c22-21-24-19-16(4-2-6-18(19)28-21)20(26)25-10-9-23-12-14(25)11-15-8-7-13-3-1-5-17(13)27-15/h1,3,5,7-8,14,16,23H,2,4,6,9-12H2,(H2,22,24). The lowest BCUT2D eigenvalue weighted by atomic mass is 9.89. The van der Waals surface area contributed by atoms with Gasteiger partial charge in [0.25, 0.3) is 0 Å². The van der Waals surface area contributed by atoms with Gasteiger partial charge in [-0.2, -0.15) is 0 Å². The van der Waals surface area contributed by atoms with Crippen molar-refractivity contribution >= 4 is 22.4 Å². The largest absolute Gasteiger partial charge is 0.461 e. The highest BCUT2D eigenvalue weighted by molar-refractivity contribution is 7.15. The van der Waals surface area contributed by atoms with E-state index in [9.17, 15) is 4.79 Å². The maximum absolute atomic E-state index is 13.5. The van der Waals surface area contributed by atoms with Gasteiger partial charge >= 0.3 is 0 Å². The van der Waals surface area contributed by atoms with Gasteiger partial charge in [-0.3, -0.25) is 4.79 Å². The van der Waals surface area contributed by atoms with Crippen LogP contribution in [0.4, 0.5) is 5.13 Å². The van der Waals surface area contributed by atoms with Crippen molar-refractivity contribution in [2.75, 3.05) is 25.4 Å². The zero-order chi connectivity index (χ0) is 19.1. The van der Waals surface area contributed by atoms with Gasteiger partial charge in [0.1, 0.15) is 11.5 Å². The summed E-state index contributed by atoms with van der Waals surface area (Å²) < 4.78 is 6.04. The highest BCUT2D eigenvalue weighted by atomic mass is 32.1. The van der Waals surface area contributed by atoms with Crippen LogP contribution in [0.2, 0.25) is 0 Å². The van der Waals surface area contributed by atoms with Crippen LogP contribution in [0.1, 0.15) is 35.1 Å². The quantitative estimate of drug-likeness (QED) is 0.711. The Balaban J connectivity index is 1.38. The molecule has 2 aliphatic heterocycles. The van der Waals surface area contributed by atoms with E-state index in [1.807, 2.05) is 29.2 Å². The number of amides is 1. The Labute approximate surface area is 168 Å². The summed E-state index contributed by atoms with van der Waals surface area (Å²) in [7, 11) is 0. The lowest BCUT2D eigenvalue weighted by Crippen LogP contribution is -2.55. The van der Waals surface area contributed by atoms with Crippen LogP contribution in [0.25, 0.3) is 11.3 Å². The topological polar surface area (TPSA) is 84.4 Å². The van der Waals surface area contributed by atoms with E-state index >= 15 is 0 Å². The molecule has 3 heterocycles. The Bertz CT molecular complexity index is 965. The predicted octanol–water partition coefficient (Wildman–Crippen LogP) is 2.89. The van der Waals surface area contributed by atoms with Crippen molar-refractivity contribution in [1.82, 2.24) is 15.2 Å². The molecule has 146 valence electrons. The zero-order valence-corrected chi connectivity index (χ0v) is 16.5. The fourth-order valence-electron chi connectivity index (χ4n) is 4.46. The minimum absolute atomic E-state index is 0.0822. The van der Waals surface area contributed by atoms with Crippen LogP contribution in [0.5, 0.6) is 0 Å². The van der Waals surface area contributed by atoms with E-state index in [0.717, 1.165) is 55.1 Å². The Morgan fingerprint density at radius 3 is 3.21 bits per heavy atom. The summed E-state index contributed by atoms with van der Waals surface area (Å²) >= 11 is 1.53. The van der Waals surface area contributed by atoms with E-state index < -0.39 is 0 Å². The van der Waals surface area contributed by atoms with Gasteiger partial charge in [-0.1, -0.05) is 12.1 Å².